The maximum absolute atomic E-state index is 6.35. The number of benzene rings is 10. The van der Waals surface area contributed by atoms with Gasteiger partial charge in [0.1, 0.15) is 35.3 Å². The second-order valence-corrected chi connectivity index (χ2v) is 18.6. The molecule has 0 saturated carbocycles. The fourth-order valence-electron chi connectivity index (χ4n) is 11.0. The zero-order valence-electron chi connectivity index (χ0n) is 41.5. The summed E-state index contributed by atoms with van der Waals surface area (Å²) in [6.45, 7) is 0. The molecule has 0 amide bonds. The molecule has 11 rings (SSSR count). The highest BCUT2D eigenvalue weighted by Gasteiger charge is 2.35. The lowest BCUT2D eigenvalue weighted by Crippen LogP contribution is -3.00. The summed E-state index contributed by atoms with van der Waals surface area (Å²) in [5.41, 5.74) is 16.2. The van der Waals surface area contributed by atoms with Crippen molar-refractivity contribution in [3.8, 4) is 22.9 Å². The van der Waals surface area contributed by atoms with Crippen molar-refractivity contribution in [1.29, 1.82) is 0 Å². The average Bonchev–Trinajstić information content (AvgIpc) is 3.95. The van der Waals surface area contributed by atoms with Crippen LogP contribution in [0, 0.1) is 0 Å². The van der Waals surface area contributed by atoms with E-state index in [9.17, 15) is 0 Å². The normalized spacial score (nSPS) is 11.2. The van der Waals surface area contributed by atoms with Crippen molar-refractivity contribution < 1.29 is 26.4 Å². The monoisotopic (exact) mass is 980 g/mol. The Morgan fingerprint density at radius 1 is 0.324 bits per heavy atom. The van der Waals surface area contributed by atoms with Gasteiger partial charge in [-0.1, -0.05) is 243 Å². The second kappa shape index (κ2) is 22.8. The van der Waals surface area contributed by atoms with Crippen molar-refractivity contribution in [2.75, 3.05) is 14.2 Å². The van der Waals surface area contributed by atoms with Crippen LogP contribution in [0.25, 0.3) is 11.4 Å². The van der Waals surface area contributed by atoms with E-state index in [1.165, 1.54) is 44.5 Å². The summed E-state index contributed by atoms with van der Waals surface area (Å²) in [6.07, 6.45) is 6.78. The third-order valence-corrected chi connectivity index (χ3v) is 14.2. The lowest BCUT2D eigenvalue weighted by Gasteiger charge is -2.27. The Bertz CT molecular complexity index is 2920. The van der Waals surface area contributed by atoms with Crippen LogP contribution < -0.4 is 26.4 Å². The van der Waals surface area contributed by atoms with Crippen LogP contribution in [0.1, 0.15) is 90.4 Å². The predicted octanol–water partition coefficient (Wildman–Crippen LogP) is 12.5. The largest absolute Gasteiger partial charge is 1.00 e. The van der Waals surface area contributed by atoms with E-state index in [2.05, 4.69) is 295 Å². The van der Waals surface area contributed by atoms with Gasteiger partial charge in [0, 0.05) is 45.9 Å². The number of nitrogens with zero attached hydrogens (tertiary/aromatic N) is 2. The maximum atomic E-state index is 6.35. The zero-order valence-corrected chi connectivity index (χ0v) is 42.3. The maximum Gasteiger partial charge on any atom is 0.254 e. The number of hydrogen-bond acceptors (Lipinski definition) is 2. The molecule has 0 unspecified atom stereocenters. The van der Waals surface area contributed by atoms with Gasteiger partial charge in [-0.25, -0.2) is 9.13 Å². The van der Waals surface area contributed by atoms with Gasteiger partial charge in [-0.05, 0) is 68.8 Å². The van der Waals surface area contributed by atoms with E-state index in [1.807, 2.05) is 0 Å². The first-order valence-corrected chi connectivity index (χ1v) is 25.1. The Kier molecular flexibility index (Phi) is 15.1. The van der Waals surface area contributed by atoms with E-state index in [4.69, 9.17) is 9.47 Å². The fraction of sp³-hybridized carbons (Fsp3) is 0.0870. The highest BCUT2D eigenvalue weighted by atomic mass is 35.5. The first kappa shape index (κ1) is 48.9. The van der Waals surface area contributed by atoms with Gasteiger partial charge in [-0.15, -0.1) is 0 Å². The molecule has 0 aliphatic heterocycles. The van der Waals surface area contributed by atoms with Gasteiger partial charge >= 0.3 is 0 Å². The molecule has 4 nitrogen and oxygen atoms in total. The molecule has 1 heterocycles. The molecule has 0 bridgehead atoms. The highest BCUT2D eigenvalue weighted by Crippen LogP contribution is 2.46. The molecule has 0 spiro atoms. The van der Waals surface area contributed by atoms with Crippen LogP contribution in [0.3, 0.4) is 0 Å². The Labute approximate surface area is 441 Å². The molecule has 1 aromatic heterocycles. The molecule has 0 N–H and O–H groups in total. The van der Waals surface area contributed by atoms with Crippen molar-refractivity contribution in [2.24, 2.45) is 0 Å². The minimum atomic E-state index is -0.150. The SMILES string of the molecule is COc1cc(C(c2ccccc2)c2ccccc2)c(-n2cc[n+](-c3c(C(c4ccccc4)c4ccccc4)cc(OC)cc3C(c3ccccc3)c3ccccc3)c2)c(C(c2ccccc2)c2ccccc2)c1.[Cl-]. The molecule has 74 heavy (non-hydrogen) atoms. The first-order valence-electron chi connectivity index (χ1n) is 25.1. The average molecular weight is 982 g/mol. The van der Waals surface area contributed by atoms with Gasteiger partial charge < -0.3 is 21.9 Å². The van der Waals surface area contributed by atoms with Gasteiger partial charge in [-0.2, -0.15) is 0 Å². The van der Waals surface area contributed by atoms with E-state index in [0.29, 0.717) is 0 Å². The Morgan fingerprint density at radius 2 is 0.554 bits per heavy atom. The molecule has 0 fully saturated rings. The number of aromatic nitrogens is 2. The molecule has 5 heteroatoms. The van der Waals surface area contributed by atoms with Crippen molar-refractivity contribution in [3.05, 3.63) is 352 Å². The van der Waals surface area contributed by atoms with Crippen LogP contribution >= 0.6 is 0 Å². The molecule has 0 aliphatic carbocycles. The number of ether oxygens (including phenoxy) is 2. The van der Waals surface area contributed by atoms with Gasteiger partial charge in [0.05, 0.1) is 14.2 Å². The van der Waals surface area contributed by atoms with Crippen LogP contribution in [-0.4, -0.2) is 18.8 Å². The molecule has 10 aromatic carbocycles. The van der Waals surface area contributed by atoms with Gasteiger partial charge in [0.2, 0.25) is 0 Å². The molecule has 0 atom stereocenters. The summed E-state index contributed by atoms with van der Waals surface area (Å²) in [6, 6.07) is 96.1. The van der Waals surface area contributed by atoms with Crippen LogP contribution in [0.15, 0.2) is 286 Å². The first-order chi connectivity index (χ1) is 36.2. The smallest absolute Gasteiger partial charge is 0.254 e. The zero-order chi connectivity index (χ0) is 49.3. The Morgan fingerprint density at radius 3 is 0.797 bits per heavy atom. The minimum absolute atomic E-state index is 0. The van der Waals surface area contributed by atoms with E-state index < -0.39 is 0 Å². The van der Waals surface area contributed by atoms with Crippen molar-refractivity contribution >= 4 is 0 Å². The molecular weight excluding hydrogens is 924 g/mol. The second-order valence-electron chi connectivity index (χ2n) is 18.6. The molecule has 0 aliphatic rings. The standard InChI is InChI=1S/C69H57N2O2.ClH/c1-72-58-45-60(64(50-27-11-3-12-28-50)51-29-13-4-14-30-51)68(61(46-58)65(52-31-15-5-16-32-52)53-33-17-6-18-34-53)70-43-44-71(49-70)69-62(66(54-35-19-7-20-36-54)55-37-21-8-22-38-55)47-59(73-2)48-63(69)67(56-39-23-9-24-40-56)57-41-25-10-26-42-57;/h3-49,64-67H,1-2H3;1H/q+1;/p-1. The van der Waals surface area contributed by atoms with E-state index in [0.717, 1.165) is 45.1 Å². The van der Waals surface area contributed by atoms with E-state index >= 15 is 0 Å². The van der Waals surface area contributed by atoms with Crippen LogP contribution in [-0.2, 0) is 0 Å². The quantitative estimate of drug-likeness (QED) is 0.0713. The molecule has 0 saturated heterocycles. The van der Waals surface area contributed by atoms with Gasteiger partial charge in [-0.3, -0.25) is 0 Å². The molecular formula is C69H57ClN2O2. The van der Waals surface area contributed by atoms with Crippen molar-refractivity contribution in [2.45, 2.75) is 23.7 Å². The Hall–Kier alpha value is -8.70. The third-order valence-electron chi connectivity index (χ3n) is 14.2. The van der Waals surface area contributed by atoms with Gasteiger partial charge in [0.15, 0.2) is 0 Å². The minimum Gasteiger partial charge on any atom is -1.00 e. The van der Waals surface area contributed by atoms with Gasteiger partial charge in [0.25, 0.3) is 6.33 Å². The molecule has 362 valence electrons. The van der Waals surface area contributed by atoms with E-state index in [1.54, 1.807) is 14.2 Å². The van der Waals surface area contributed by atoms with Crippen molar-refractivity contribution in [3.63, 3.8) is 0 Å². The summed E-state index contributed by atoms with van der Waals surface area (Å²) in [4.78, 5) is 0. The molecule has 11 aromatic rings. The van der Waals surface area contributed by atoms with Crippen LogP contribution in [0.4, 0.5) is 0 Å². The summed E-state index contributed by atoms with van der Waals surface area (Å²) >= 11 is 0. The lowest BCUT2D eigenvalue weighted by atomic mass is 9.78. The predicted molar refractivity (Wildman–Crippen MR) is 296 cm³/mol. The number of rotatable bonds is 16. The highest BCUT2D eigenvalue weighted by molar-refractivity contribution is 5.65. The summed E-state index contributed by atoms with van der Waals surface area (Å²) in [7, 11) is 3.57. The lowest BCUT2D eigenvalue weighted by molar-refractivity contribution is -0.595. The summed E-state index contributed by atoms with van der Waals surface area (Å²) in [5, 5.41) is 0. The summed E-state index contributed by atoms with van der Waals surface area (Å²) < 4.78 is 17.4. The van der Waals surface area contributed by atoms with E-state index in [-0.39, 0.29) is 36.1 Å². The number of imidazole rings is 1. The molecule has 0 radical (unpaired) electrons. The van der Waals surface area contributed by atoms with Crippen LogP contribution in [0.2, 0.25) is 0 Å². The fourth-order valence-corrected chi connectivity index (χ4v) is 11.0. The Balaban J connectivity index is 0.00000626. The van der Waals surface area contributed by atoms with Crippen molar-refractivity contribution in [1.82, 2.24) is 4.57 Å². The number of halogens is 1. The topological polar surface area (TPSA) is 27.3 Å². The van der Waals surface area contributed by atoms with Crippen LogP contribution in [0.5, 0.6) is 11.5 Å². The third kappa shape index (κ3) is 10.1. The number of methoxy groups -OCH3 is 2. The number of hydrogen-bond donors (Lipinski definition) is 0. The summed E-state index contributed by atoms with van der Waals surface area (Å²) in [5.74, 6) is 0.990.